The zero-order valence-corrected chi connectivity index (χ0v) is 19.7. The molecule has 1 amide bonds. The quantitative estimate of drug-likeness (QED) is 0.383. The lowest BCUT2D eigenvalue weighted by molar-refractivity contribution is 0.0945. The highest BCUT2D eigenvalue weighted by atomic mass is 16.5. The number of pyridine rings is 1. The highest BCUT2D eigenvalue weighted by molar-refractivity contribution is 5.99. The van der Waals surface area contributed by atoms with Gasteiger partial charge in [0.1, 0.15) is 5.65 Å². The van der Waals surface area contributed by atoms with E-state index in [0.29, 0.717) is 22.8 Å². The summed E-state index contributed by atoms with van der Waals surface area (Å²) in [6.45, 7) is 2.30. The summed E-state index contributed by atoms with van der Waals surface area (Å²) in [5.41, 5.74) is 5.36. The predicted molar refractivity (Wildman–Crippen MR) is 133 cm³/mol. The van der Waals surface area contributed by atoms with Crippen LogP contribution >= 0.6 is 0 Å². The minimum absolute atomic E-state index is 0.281. The fraction of sp³-hybridized carbons (Fsp3) is 0.148. The molecular formula is C27H25N5O3. The van der Waals surface area contributed by atoms with Crippen molar-refractivity contribution < 1.29 is 14.3 Å². The van der Waals surface area contributed by atoms with E-state index in [1.807, 2.05) is 90.6 Å². The summed E-state index contributed by atoms with van der Waals surface area (Å²) in [5.74, 6) is 0.890. The second-order valence-corrected chi connectivity index (χ2v) is 8.13. The number of nitrogens with one attached hydrogen (secondary N) is 1. The van der Waals surface area contributed by atoms with Crippen LogP contribution < -0.4 is 14.8 Å². The third-order valence-electron chi connectivity index (χ3n) is 5.74. The summed E-state index contributed by atoms with van der Waals surface area (Å²) in [6.07, 6.45) is 5.71. The second-order valence-electron chi connectivity index (χ2n) is 8.13. The number of para-hydroxylation sites is 1. The summed E-state index contributed by atoms with van der Waals surface area (Å²) in [5, 5.41) is 7.60. The van der Waals surface area contributed by atoms with Crippen molar-refractivity contribution in [1.29, 1.82) is 0 Å². The molecule has 0 saturated heterocycles. The molecule has 176 valence electrons. The van der Waals surface area contributed by atoms with Crippen LogP contribution in [0.1, 0.15) is 21.7 Å². The van der Waals surface area contributed by atoms with Crippen molar-refractivity contribution in [3.05, 3.63) is 96.2 Å². The van der Waals surface area contributed by atoms with Crippen LogP contribution in [-0.2, 0) is 6.54 Å². The van der Waals surface area contributed by atoms with Gasteiger partial charge < -0.3 is 19.2 Å². The number of hydrogen-bond acceptors (Lipinski definition) is 5. The normalized spacial score (nSPS) is 10.9. The van der Waals surface area contributed by atoms with Gasteiger partial charge >= 0.3 is 0 Å². The van der Waals surface area contributed by atoms with Crippen molar-refractivity contribution in [3.63, 3.8) is 0 Å². The molecule has 8 nitrogen and oxygen atoms in total. The number of aryl methyl sites for hydroxylation is 1. The summed E-state index contributed by atoms with van der Waals surface area (Å²) >= 11 is 0. The number of nitrogens with zero attached hydrogens (tertiary/aromatic N) is 4. The van der Waals surface area contributed by atoms with E-state index in [-0.39, 0.29) is 12.5 Å². The molecule has 3 heterocycles. The molecule has 5 aromatic rings. The van der Waals surface area contributed by atoms with E-state index in [4.69, 9.17) is 9.47 Å². The number of hydrogen-bond donors (Lipinski definition) is 1. The molecule has 5 rings (SSSR count). The summed E-state index contributed by atoms with van der Waals surface area (Å²) in [6, 6.07) is 19.2. The van der Waals surface area contributed by atoms with E-state index in [1.54, 1.807) is 18.9 Å². The van der Waals surface area contributed by atoms with E-state index in [2.05, 4.69) is 15.4 Å². The van der Waals surface area contributed by atoms with Crippen molar-refractivity contribution in [2.75, 3.05) is 14.2 Å². The van der Waals surface area contributed by atoms with Crippen molar-refractivity contribution >= 4 is 11.6 Å². The van der Waals surface area contributed by atoms with E-state index < -0.39 is 0 Å². The van der Waals surface area contributed by atoms with E-state index in [9.17, 15) is 4.79 Å². The van der Waals surface area contributed by atoms with Crippen LogP contribution in [0.2, 0.25) is 0 Å². The molecule has 0 saturated carbocycles. The predicted octanol–water partition coefficient (Wildman–Crippen LogP) is 4.44. The van der Waals surface area contributed by atoms with Gasteiger partial charge in [0, 0.05) is 24.2 Å². The maximum absolute atomic E-state index is 13.3. The van der Waals surface area contributed by atoms with Crippen molar-refractivity contribution in [3.8, 4) is 28.3 Å². The Hall–Kier alpha value is -4.59. The number of methoxy groups -OCH3 is 2. The van der Waals surface area contributed by atoms with Crippen LogP contribution in [0, 0.1) is 6.92 Å². The average Bonchev–Trinajstić information content (AvgIpc) is 3.51. The zero-order valence-electron chi connectivity index (χ0n) is 19.7. The lowest BCUT2D eigenvalue weighted by Gasteiger charge is -2.09. The van der Waals surface area contributed by atoms with Crippen molar-refractivity contribution in [2.45, 2.75) is 13.5 Å². The van der Waals surface area contributed by atoms with Crippen LogP contribution in [0.15, 0.2) is 79.3 Å². The Morgan fingerprint density at radius 1 is 0.971 bits per heavy atom. The van der Waals surface area contributed by atoms with Gasteiger partial charge in [-0.2, -0.15) is 5.10 Å². The van der Waals surface area contributed by atoms with Gasteiger partial charge in [0.15, 0.2) is 17.2 Å². The highest BCUT2D eigenvalue weighted by Gasteiger charge is 2.20. The molecule has 0 bridgehead atoms. The number of carbonyl (C=O) groups is 1. The lowest BCUT2D eigenvalue weighted by atomic mass is 10.1. The third-order valence-corrected chi connectivity index (χ3v) is 5.74. The SMILES string of the molecule is COc1ccc(-c2cn(-c3ccccc3)nc2C(=O)NCc2cn3ccc(C)cc3n2)cc1OC. The summed E-state index contributed by atoms with van der Waals surface area (Å²) in [7, 11) is 3.17. The maximum atomic E-state index is 13.3. The van der Waals surface area contributed by atoms with Gasteiger partial charge in [0.05, 0.1) is 32.1 Å². The molecule has 0 radical (unpaired) electrons. The smallest absolute Gasteiger partial charge is 0.272 e. The first kappa shape index (κ1) is 22.2. The second kappa shape index (κ2) is 9.34. The van der Waals surface area contributed by atoms with Gasteiger partial charge in [0.25, 0.3) is 5.91 Å². The monoisotopic (exact) mass is 467 g/mol. The van der Waals surface area contributed by atoms with Crippen LogP contribution in [0.3, 0.4) is 0 Å². The Morgan fingerprint density at radius 2 is 1.77 bits per heavy atom. The number of ether oxygens (including phenoxy) is 2. The Kier molecular flexibility index (Phi) is 5.93. The Labute approximate surface area is 202 Å². The first-order valence-electron chi connectivity index (χ1n) is 11.2. The summed E-state index contributed by atoms with van der Waals surface area (Å²) < 4.78 is 14.5. The molecule has 0 unspecified atom stereocenters. The highest BCUT2D eigenvalue weighted by Crippen LogP contribution is 2.34. The zero-order chi connectivity index (χ0) is 24.4. The molecular weight excluding hydrogens is 442 g/mol. The number of amides is 1. The molecule has 8 heteroatoms. The number of benzene rings is 2. The van der Waals surface area contributed by atoms with Gasteiger partial charge in [-0.3, -0.25) is 4.79 Å². The maximum Gasteiger partial charge on any atom is 0.272 e. The fourth-order valence-electron chi connectivity index (χ4n) is 3.95. The van der Waals surface area contributed by atoms with Gasteiger partial charge in [-0.1, -0.05) is 24.3 Å². The third kappa shape index (κ3) is 4.46. The Balaban J connectivity index is 1.48. The first-order valence-corrected chi connectivity index (χ1v) is 11.2. The topological polar surface area (TPSA) is 82.7 Å². The van der Waals surface area contributed by atoms with Crippen molar-refractivity contribution in [2.24, 2.45) is 0 Å². The van der Waals surface area contributed by atoms with E-state index in [1.165, 1.54) is 0 Å². The van der Waals surface area contributed by atoms with Gasteiger partial charge in [-0.05, 0) is 54.4 Å². The number of rotatable bonds is 7. The molecule has 0 atom stereocenters. The molecule has 2 aromatic carbocycles. The molecule has 0 fully saturated rings. The molecule has 35 heavy (non-hydrogen) atoms. The standard InChI is InChI=1S/C27H25N5O3/c1-18-11-12-31-16-20(29-25(31)13-18)15-28-27(33)26-22(17-32(30-26)21-7-5-4-6-8-21)19-9-10-23(34-2)24(14-19)35-3/h4-14,16-17H,15H2,1-3H3,(H,28,33). The molecule has 0 aliphatic rings. The molecule has 0 aliphatic heterocycles. The number of fused-ring (bicyclic) bond motifs is 1. The number of imidazole rings is 1. The molecule has 0 spiro atoms. The lowest BCUT2D eigenvalue weighted by Crippen LogP contribution is -2.24. The Morgan fingerprint density at radius 3 is 2.54 bits per heavy atom. The molecule has 0 aliphatic carbocycles. The van der Waals surface area contributed by atoms with Crippen LogP contribution in [0.25, 0.3) is 22.5 Å². The number of carbonyl (C=O) groups excluding carboxylic acids is 1. The molecule has 3 aromatic heterocycles. The van der Waals surface area contributed by atoms with Crippen molar-refractivity contribution in [1.82, 2.24) is 24.5 Å². The van der Waals surface area contributed by atoms with E-state index in [0.717, 1.165) is 28.2 Å². The van der Waals surface area contributed by atoms with Crippen LogP contribution in [0.4, 0.5) is 0 Å². The van der Waals surface area contributed by atoms with Gasteiger partial charge in [-0.25, -0.2) is 9.67 Å². The van der Waals surface area contributed by atoms with Crippen LogP contribution in [0.5, 0.6) is 11.5 Å². The van der Waals surface area contributed by atoms with E-state index >= 15 is 0 Å². The first-order chi connectivity index (χ1) is 17.1. The largest absolute Gasteiger partial charge is 0.493 e. The Bertz CT molecular complexity index is 1500. The minimum Gasteiger partial charge on any atom is -0.493 e. The summed E-state index contributed by atoms with van der Waals surface area (Å²) in [4.78, 5) is 17.9. The minimum atomic E-state index is -0.294. The van der Waals surface area contributed by atoms with Gasteiger partial charge in [0.2, 0.25) is 0 Å². The fourth-order valence-corrected chi connectivity index (χ4v) is 3.95. The average molecular weight is 468 g/mol. The van der Waals surface area contributed by atoms with Gasteiger partial charge in [-0.15, -0.1) is 0 Å². The molecule has 1 N–H and O–H groups in total. The van der Waals surface area contributed by atoms with Crippen LogP contribution in [-0.4, -0.2) is 39.3 Å². The number of aromatic nitrogens is 4.